The summed E-state index contributed by atoms with van der Waals surface area (Å²) in [4.78, 5) is 31.5. The Morgan fingerprint density at radius 3 is 2.62 bits per heavy atom. The number of amides is 2. The van der Waals surface area contributed by atoms with Crippen LogP contribution in [0.3, 0.4) is 0 Å². The molecule has 4 rings (SSSR count). The maximum absolute atomic E-state index is 12.6. The number of hydrazine groups is 1. The Morgan fingerprint density at radius 2 is 1.91 bits per heavy atom. The van der Waals surface area contributed by atoms with Gasteiger partial charge in [-0.05, 0) is 50.1 Å². The van der Waals surface area contributed by atoms with E-state index < -0.39 is 5.91 Å². The topological polar surface area (TPSA) is 106 Å². The second-order valence-electron chi connectivity index (χ2n) is 7.47. The van der Waals surface area contributed by atoms with E-state index in [4.69, 9.17) is 13.9 Å². The third kappa shape index (κ3) is 4.61. The number of para-hydroxylation sites is 2. The molecule has 0 aliphatic carbocycles. The first-order valence-corrected chi connectivity index (χ1v) is 10.6. The van der Waals surface area contributed by atoms with Crippen molar-refractivity contribution in [2.75, 3.05) is 31.7 Å². The molecular weight excluding hydrogens is 412 g/mol. The van der Waals surface area contributed by atoms with Gasteiger partial charge < -0.3 is 18.8 Å². The van der Waals surface area contributed by atoms with Gasteiger partial charge in [-0.2, -0.15) is 4.98 Å². The fourth-order valence-electron chi connectivity index (χ4n) is 3.70. The molecule has 2 amide bonds. The SMILES string of the molecule is CCOc1ccc(C(=O)NNC(=O)C2CCN(c3nc4ccccc4o3)CC2)cc1OC. The van der Waals surface area contributed by atoms with E-state index in [0.717, 1.165) is 11.1 Å². The fraction of sp³-hybridized carbons (Fsp3) is 0.348. The van der Waals surface area contributed by atoms with Crippen LogP contribution in [0, 0.1) is 5.92 Å². The summed E-state index contributed by atoms with van der Waals surface area (Å²) in [6.07, 6.45) is 1.27. The molecule has 1 fully saturated rings. The number of rotatable bonds is 6. The Labute approximate surface area is 185 Å². The Morgan fingerprint density at radius 1 is 1.12 bits per heavy atom. The molecule has 1 aromatic heterocycles. The van der Waals surface area contributed by atoms with Gasteiger partial charge in [-0.1, -0.05) is 12.1 Å². The number of hydrogen-bond donors (Lipinski definition) is 2. The van der Waals surface area contributed by atoms with Crippen molar-refractivity contribution >= 4 is 28.9 Å². The molecule has 3 aromatic rings. The number of ether oxygens (including phenoxy) is 2. The lowest BCUT2D eigenvalue weighted by atomic mass is 9.96. The number of nitrogens with zero attached hydrogens (tertiary/aromatic N) is 2. The van der Waals surface area contributed by atoms with Gasteiger partial charge in [0.1, 0.15) is 5.52 Å². The second kappa shape index (κ2) is 9.59. The first kappa shape index (κ1) is 21.5. The first-order chi connectivity index (χ1) is 15.6. The summed E-state index contributed by atoms with van der Waals surface area (Å²) in [6, 6.07) is 13.1. The smallest absolute Gasteiger partial charge is 0.298 e. The van der Waals surface area contributed by atoms with Gasteiger partial charge in [-0.3, -0.25) is 20.4 Å². The summed E-state index contributed by atoms with van der Waals surface area (Å²) in [5, 5.41) is 0. The second-order valence-corrected chi connectivity index (χ2v) is 7.47. The highest BCUT2D eigenvalue weighted by Crippen LogP contribution is 2.28. The predicted octanol–water partition coefficient (Wildman–Crippen LogP) is 2.91. The quantitative estimate of drug-likeness (QED) is 0.570. The number of carbonyl (C=O) groups is 2. The van der Waals surface area contributed by atoms with Crippen molar-refractivity contribution in [1.82, 2.24) is 15.8 Å². The van der Waals surface area contributed by atoms with E-state index >= 15 is 0 Å². The van der Waals surface area contributed by atoms with Crippen molar-refractivity contribution in [1.29, 1.82) is 0 Å². The average molecular weight is 438 g/mol. The van der Waals surface area contributed by atoms with E-state index in [9.17, 15) is 9.59 Å². The minimum Gasteiger partial charge on any atom is -0.493 e. The number of aromatic nitrogens is 1. The Hall–Kier alpha value is -3.75. The van der Waals surface area contributed by atoms with Crippen LogP contribution in [0.25, 0.3) is 11.1 Å². The number of nitrogens with one attached hydrogen (secondary N) is 2. The van der Waals surface area contributed by atoms with Gasteiger partial charge in [0.2, 0.25) is 5.91 Å². The van der Waals surface area contributed by atoms with Gasteiger partial charge in [-0.15, -0.1) is 0 Å². The zero-order valence-electron chi connectivity index (χ0n) is 18.1. The van der Waals surface area contributed by atoms with E-state index in [2.05, 4.69) is 15.8 Å². The van der Waals surface area contributed by atoms with Crippen LogP contribution in [0.5, 0.6) is 11.5 Å². The molecule has 2 N–H and O–H groups in total. The van der Waals surface area contributed by atoms with Crippen LogP contribution in [0.1, 0.15) is 30.1 Å². The number of benzene rings is 2. The van der Waals surface area contributed by atoms with Gasteiger partial charge in [0.05, 0.1) is 13.7 Å². The van der Waals surface area contributed by atoms with E-state index in [1.807, 2.05) is 36.1 Å². The molecule has 1 saturated heterocycles. The molecule has 0 spiro atoms. The number of carbonyl (C=O) groups excluding carboxylic acids is 2. The van der Waals surface area contributed by atoms with E-state index in [1.54, 1.807) is 18.2 Å². The molecule has 2 heterocycles. The molecule has 0 atom stereocenters. The Bertz CT molecular complexity index is 1070. The summed E-state index contributed by atoms with van der Waals surface area (Å²) in [7, 11) is 1.51. The highest BCUT2D eigenvalue weighted by atomic mass is 16.5. The molecular formula is C23H26N4O5. The van der Waals surface area contributed by atoms with Crippen LogP contribution < -0.4 is 25.2 Å². The lowest BCUT2D eigenvalue weighted by Gasteiger charge is -2.30. The highest BCUT2D eigenvalue weighted by Gasteiger charge is 2.27. The molecule has 2 aromatic carbocycles. The van der Waals surface area contributed by atoms with Crippen molar-refractivity contribution in [2.24, 2.45) is 5.92 Å². The molecule has 1 aliphatic rings. The summed E-state index contributed by atoms with van der Waals surface area (Å²) < 4.78 is 16.5. The maximum atomic E-state index is 12.6. The van der Waals surface area contributed by atoms with Crippen LogP contribution in [0.15, 0.2) is 46.9 Å². The maximum Gasteiger partial charge on any atom is 0.298 e. The van der Waals surface area contributed by atoms with Crippen LogP contribution in [-0.4, -0.2) is 43.6 Å². The summed E-state index contributed by atoms with van der Waals surface area (Å²) in [5.41, 5.74) is 6.94. The predicted molar refractivity (Wildman–Crippen MR) is 119 cm³/mol. The number of methoxy groups -OCH3 is 1. The molecule has 0 bridgehead atoms. The zero-order chi connectivity index (χ0) is 22.5. The Kier molecular flexibility index (Phi) is 6.44. The van der Waals surface area contributed by atoms with E-state index in [0.29, 0.717) is 55.6 Å². The van der Waals surface area contributed by atoms with Crippen molar-refractivity contribution in [3.63, 3.8) is 0 Å². The summed E-state index contributed by atoms with van der Waals surface area (Å²) in [5.74, 6) is 0.168. The molecule has 0 radical (unpaired) electrons. The summed E-state index contributed by atoms with van der Waals surface area (Å²) in [6.45, 7) is 3.65. The molecule has 0 saturated carbocycles. The minimum absolute atomic E-state index is 0.203. The molecule has 9 nitrogen and oxygen atoms in total. The minimum atomic E-state index is -0.427. The fourth-order valence-corrected chi connectivity index (χ4v) is 3.70. The molecule has 168 valence electrons. The molecule has 1 aliphatic heterocycles. The summed E-state index contributed by atoms with van der Waals surface area (Å²) >= 11 is 0. The van der Waals surface area contributed by atoms with E-state index in [-0.39, 0.29) is 11.8 Å². The van der Waals surface area contributed by atoms with Crippen LogP contribution in [-0.2, 0) is 4.79 Å². The van der Waals surface area contributed by atoms with Gasteiger partial charge in [0.15, 0.2) is 17.1 Å². The Balaban J connectivity index is 1.29. The standard InChI is InChI=1S/C23H26N4O5/c1-3-31-19-9-8-16(14-20(19)30-2)22(29)26-25-21(28)15-10-12-27(13-11-15)23-24-17-6-4-5-7-18(17)32-23/h4-9,14-15H,3,10-13H2,1-2H3,(H,25,28)(H,26,29). The van der Waals surface area contributed by atoms with Gasteiger partial charge in [0.25, 0.3) is 11.9 Å². The van der Waals surface area contributed by atoms with Crippen molar-refractivity contribution < 1.29 is 23.5 Å². The van der Waals surface area contributed by atoms with Gasteiger partial charge >= 0.3 is 0 Å². The molecule has 0 unspecified atom stereocenters. The number of oxazole rings is 1. The van der Waals surface area contributed by atoms with Gasteiger partial charge in [0, 0.05) is 24.6 Å². The number of anilines is 1. The number of piperidine rings is 1. The average Bonchev–Trinajstić information content (AvgIpc) is 3.27. The number of hydrogen-bond acceptors (Lipinski definition) is 7. The largest absolute Gasteiger partial charge is 0.493 e. The highest BCUT2D eigenvalue weighted by molar-refractivity contribution is 5.96. The van der Waals surface area contributed by atoms with Crippen LogP contribution >= 0.6 is 0 Å². The van der Waals surface area contributed by atoms with E-state index in [1.165, 1.54) is 7.11 Å². The lowest BCUT2D eigenvalue weighted by molar-refractivity contribution is -0.126. The molecule has 9 heteroatoms. The van der Waals surface area contributed by atoms with Gasteiger partial charge in [-0.25, -0.2) is 0 Å². The molecule has 32 heavy (non-hydrogen) atoms. The van der Waals surface area contributed by atoms with Crippen LogP contribution in [0.4, 0.5) is 6.01 Å². The normalized spacial score (nSPS) is 14.2. The van der Waals surface area contributed by atoms with Crippen molar-refractivity contribution in [3.8, 4) is 11.5 Å². The van der Waals surface area contributed by atoms with Crippen LogP contribution in [0.2, 0.25) is 0 Å². The number of fused-ring (bicyclic) bond motifs is 1. The lowest BCUT2D eigenvalue weighted by Crippen LogP contribution is -2.47. The third-order valence-electron chi connectivity index (χ3n) is 5.44. The van der Waals surface area contributed by atoms with Crippen molar-refractivity contribution in [3.05, 3.63) is 48.0 Å². The first-order valence-electron chi connectivity index (χ1n) is 10.6. The zero-order valence-corrected chi connectivity index (χ0v) is 18.1. The third-order valence-corrected chi connectivity index (χ3v) is 5.44. The monoisotopic (exact) mass is 438 g/mol. The van der Waals surface area contributed by atoms with Crippen molar-refractivity contribution in [2.45, 2.75) is 19.8 Å².